The van der Waals surface area contributed by atoms with E-state index in [1.807, 2.05) is 5.32 Å². The van der Waals surface area contributed by atoms with E-state index in [4.69, 9.17) is 11.6 Å². The number of alkyl halides is 12. The molecule has 5 nitrogen and oxygen atoms in total. The van der Waals surface area contributed by atoms with Gasteiger partial charge in [0, 0.05) is 10.6 Å². The third-order valence-electron chi connectivity index (χ3n) is 5.58. The summed E-state index contributed by atoms with van der Waals surface area (Å²) in [7, 11) is 0. The quantitative estimate of drug-likeness (QED) is 0.147. The molecule has 2 aromatic rings. The summed E-state index contributed by atoms with van der Waals surface area (Å²) in [4.78, 5) is 27.8. The van der Waals surface area contributed by atoms with Crippen molar-refractivity contribution in [2.75, 3.05) is 13.2 Å². The average molecular weight is 691 g/mol. The van der Waals surface area contributed by atoms with Gasteiger partial charge in [-0.25, -0.2) is 9.45 Å². The Hall–Kier alpha value is -3.54. The van der Waals surface area contributed by atoms with Crippen molar-refractivity contribution in [2.45, 2.75) is 50.0 Å². The van der Waals surface area contributed by atoms with Crippen LogP contribution in [0, 0.1) is 0 Å². The highest BCUT2D eigenvalue weighted by Gasteiger charge is 2.41. The number of carbonyl (C=O) groups is 2. The van der Waals surface area contributed by atoms with E-state index >= 15 is 4.39 Å². The molecule has 2 atom stereocenters. The monoisotopic (exact) mass is 690 g/mol. The second-order valence-corrected chi connectivity index (χ2v) is 9.88. The van der Waals surface area contributed by atoms with E-state index in [0.29, 0.717) is 24.3 Å². The zero-order valence-electron chi connectivity index (χ0n) is 22.4. The lowest BCUT2D eigenvalue weighted by atomic mass is 9.93. The lowest BCUT2D eigenvalue weighted by molar-refractivity contribution is -0.225. The van der Waals surface area contributed by atoms with Crippen molar-refractivity contribution >= 4 is 29.7 Å². The Bertz CT molecular complexity index is 1390. The number of rotatable bonds is 11. The van der Waals surface area contributed by atoms with Crippen molar-refractivity contribution in [3.8, 4) is 0 Å². The van der Waals surface area contributed by atoms with Crippen molar-refractivity contribution in [3.05, 3.63) is 75.3 Å². The molecule has 0 aliphatic rings. The second-order valence-electron chi connectivity index (χ2n) is 9.44. The number of amides is 2. The van der Waals surface area contributed by atoms with Gasteiger partial charge in [-0.3, -0.25) is 14.4 Å². The Morgan fingerprint density at radius 1 is 0.956 bits per heavy atom. The predicted octanol–water partition coefficient (Wildman–Crippen LogP) is 8.19. The van der Waals surface area contributed by atoms with E-state index in [-0.39, 0.29) is 23.6 Å². The highest BCUT2D eigenvalue weighted by Crippen LogP contribution is 2.41. The van der Waals surface area contributed by atoms with Gasteiger partial charge in [-0.05, 0) is 48.4 Å². The van der Waals surface area contributed by atoms with Crippen LogP contribution in [0.4, 0.5) is 57.1 Å². The van der Waals surface area contributed by atoms with Crippen LogP contribution < -0.4 is 5.32 Å². The fraction of sp³-hybridized carbons (Fsp3) is 0.385. The van der Waals surface area contributed by atoms with Gasteiger partial charge in [-0.1, -0.05) is 23.7 Å². The van der Waals surface area contributed by atoms with Crippen LogP contribution in [0.15, 0.2) is 42.5 Å². The number of carbonyl (C=O) groups excluding carboxylic acids is 2. The van der Waals surface area contributed by atoms with Gasteiger partial charge in [0.05, 0.1) is 30.2 Å². The molecule has 0 aliphatic heterocycles. The first-order valence-electron chi connectivity index (χ1n) is 12.1. The molecule has 19 heteroatoms. The van der Waals surface area contributed by atoms with Gasteiger partial charge in [-0.15, -0.1) is 0 Å². The number of nitrogens with zero attached hydrogens (tertiary/aromatic N) is 1. The highest BCUT2D eigenvalue weighted by atomic mass is 35.5. The van der Waals surface area contributed by atoms with Gasteiger partial charge in [0.2, 0.25) is 6.41 Å². The fourth-order valence-corrected chi connectivity index (χ4v) is 4.04. The molecule has 0 heterocycles. The summed E-state index contributed by atoms with van der Waals surface area (Å²) in [5.41, 5.74) is -5.69. The van der Waals surface area contributed by atoms with Gasteiger partial charge in [0.15, 0.2) is 0 Å². The molecule has 0 saturated carbocycles. The zero-order chi connectivity index (χ0) is 34.5. The van der Waals surface area contributed by atoms with Crippen molar-refractivity contribution in [2.24, 2.45) is 0 Å². The molecule has 1 N–H and O–H groups in total. The Morgan fingerprint density at radius 3 is 2.09 bits per heavy atom. The number of halogens is 14. The maximum absolute atomic E-state index is 15.1. The number of hydrogen-bond acceptors (Lipinski definition) is 3. The van der Waals surface area contributed by atoms with E-state index in [0.717, 1.165) is 13.0 Å². The minimum Gasteiger partial charge on any atom is -0.347 e. The topological polar surface area (TPSA) is 58.6 Å². The van der Waals surface area contributed by atoms with E-state index in [2.05, 4.69) is 4.84 Å². The van der Waals surface area contributed by atoms with Crippen LogP contribution >= 0.6 is 11.6 Å². The molecule has 0 aromatic heterocycles. The van der Waals surface area contributed by atoms with Crippen LogP contribution in [-0.2, 0) is 22.2 Å². The number of allylic oxidation sites excluding steroid dienone is 1. The summed E-state index contributed by atoms with van der Waals surface area (Å²) >= 11 is 5.67. The van der Waals surface area contributed by atoms with Crippen LogP contribution in [0.25, 0.3) is 5.83 Å². The maximum atomic E-state index is 15.1. The number of hydroxylamine groups is 2. The largest absolute Gasteiger partial charge is 0.417 e. The highest BCUT2D eigenvalue weighted by molar-refractivity contribution is 6.30. The molecule has 45 heavy (non-hydrogen) atoms. The molecule has 0 radical (unpaired) electrons. The van der Waals surface area contributed by atoms with Crippen molar-refractivity contribution in [1.29, 1.82) is 0 Å². The SMILES string of the molecule is CC(CON(C=O)CC(F)(F)F)NC(=O)c1ccc(/C(F)=C/C(c2cc(Cl)cc(CC(F)(F)F)c2)C(F)(F)F)cc1C(F)(F)F. The molecule has 250 valence electrons. The van der Waals surface area contributed by atoms with Gasteiger partial charge in [0.1, 0.15) is 18.3 Å². The zero-order valence-corrected chi connectivity index (χ0v) is 23.1. The molecule has 2 unspecified atom stereocenters. The molecular weight excluding hydrogens is 671 g/mol. The average Bonchev–Trinajstić information content (AvgIpc) is 2.85. The van der Waals surface area contributed by atoms with Crippen LogP contribution in [0.5, 0.6) is 0 Å². The van der Waals surface area contributed by atoms with Gasteiger partial charge in [0.25, 0.3) is 5.91 Å². The van der Waals surface area contributed by atoms with E-state index < -0.39 is 101 Å². The van der Waals surface area contributed by atoms with Crippen molar-refractivity contribution in [3.63, 3.8) is 0 Å². The molecule has 0 spiro atoms. The first-order valence-corrected chi connectivity index (χ1v) is 12.5. The normalized spacial score (nSPS) is 14.6. The van der Waals surface area contributed by atoms with Crippen LogP contribution in [0.3, 0.4) is 0 Å². The molecule has 2 amide bonds. The predicted molar refractivity (Wildman–Crippen MR) is 132 cm³/mol. The summed E-state index contributed by atoms with van der Waals surface area (Å²) in [5, 5.41) is 1.23. The Balaban J connectivity index is 2.41. The van der Waals surface area contributed by atoms with Crippen LogP contribution in [0.2, 0.25) is 5.02 Å². The summed E-state index contributed by atoms with van der Waals surface area (Å²) in [5.74, 6) is -6.33. The minimum atomic E-state index is -5.38. The molecule has 0 fully saturated rings. The number of hydrogen-bond donors (Lipinski definition) is 1. The molecule has 0 bridgehead atoms. The Kier molecular flexibility index (Phi) is 11.9. The van der Waals surface area contributed by atoms with E-state index in [9.17, 15) is 62.3 Å². The lowest BCUT2D eigenvalue weighted by Crippen LogP contribution is -2.41. The first-order chi connectivity index (χ1) is 20.4. The minimum absolute atomic E-state index is 0.0137. The van der Waals surface area contributed by atoms with Crippen LogP contribution in [-0.4, -0.2) is 55.1 Å². The summed E-state index contributed by atoms with van der Waals surface area (Å²) in [6, 6.07) is 1.48. The molecular formula is C26H20ClF13N2O3. The third-order valence-corrected chi connectivity index (χ3v) is 5.79. The summed E-state index contributed by atoms with van der Waals surface area (Å²) in [6.07, 6.45) is -22.6. The Labute approximate surface area is 250 Å². The molecule has 2 aromatic carbocycles. The standard InChI is InChI=1S/C26H20ClF13N2O3/c1-13(10-45-42(12-43)11-24(32,33)34)41-22(44)18-3-2-15(7-20(18)26(38,39)40)21(28)8-19(25(35,36)37)16-4-14(5-17(27)6-16)9-23(29,30)31/h2-8,12-13,19H,9-11H2,1H3,(H,41,44)/b21-8-. The van der Waals surface area contributed by atoms with E-state index in [1.165, 1.54) is 0 Å². The van der Waals surface area contributed by atoms with Gasteiger partial charge < -0.3 is 5.32 Å². The van der Waals surface area contributed by atoms with Crippen LogP contribution in [0.1, 0.15) is 45.5 Å². The van der Waals surface area contributed by atoms with Crippen molar-refractivity contribution < 1.29 is 71.5 Å². The molecule has 0 aliphatic carbocycles. The van der Waals surface area contributed by atoms with Gasteiger partial charge in [-0.2, -0.15) is 52.7 Å². The van der Waals surface area contributed by atoms with Gasteiger partial charge >= 0.3 is 24.7 Å². The maximum Gasteiger partial charge on any atom is 0.417 e. The smallest absolute Gasteiger partial charge is 0.347 e. The molecule has 2 rings (SSSR count). The van der Waals surface area contributed by atoms with Crippen molar-refractivity contribution in [1.82, 2.24) is 10.4 Å². The third kappa shape index (κ3) is 12.1. The summed E-state index contributed by atoms with van der Waals surface area (Å²) < 4.78 is 174. The fourth-order valence-electron chi connectivity index (χ4n) is 3.78. The number of benzene rings is 2. The van der Waals surface area contributed by atoms with E-state index in [1.54, 1.807) is 0 Å². The lowest BCUT2D eigenvalue weighted by Gasteiger charge is -2.22. The number of nitrogens with one attached hydrogen (secondary N) is 1. The second kappa shape index (κ2) is 14.3. The molecule has 0 saturated heterocycles. The first kappa shape index (κ1) is 37.6. The Morgan fingerprint density at radius 2 is 1.58 bits per heavy atom. The summed E-state index contributed by atoms with van der Waals surface area (Å²) in [6.45, 7) is -1.56.